The average Bonchev–Trinajstić information content (AvgIpc) is 2.66. The lowest BCUT2D eigenvalue weighted by molar-refractivity contribution is 0.102. The molecule has 2 N–H and O–H groups in total. The lowest BCUT2D eigenvalue weighted by Gasteiger charge is -2.12. The number of ether oxygens (including phenoxy) is 1. The zero-order valence-corrected chi connectivity index (χ0v) is 15.4. The second-order valence-corrected chi connectivity index (χ2v) is 6.35. The van der Waals surface area contributed by atoms with Gasteiger partial charge in [0.15, 0.2) is 0 Å². The molecule has 3 rings (SSSR count). The first-order valence-electron chi connectivity index (χ1n) is 7.91. The molecule has 27 heavy (non-hydrogen) atoms. The van der Waals surface area contributed by atoms with Crippen LogP contribution in [-0.2, 0) is 0 Å². The van der Waals surface area contributed by atoms with Crippen molar-refractivity contribution in [3.8, 4) is 5.75 Å². The fourth-order valence-electron chi connectivity index (χ4n) is 2.27. The minimum absolute atomic E-state index is 0.0827. The number of hydrogen-bond acceptors (Lipinski definition) is 3. The third-order valence-corrected chi connectivity index (χ3v) is 4.00. The zero-order valence-electron chi connectivity index (χ0n) is 13.9. The van der Waals surface area contributed by atoms with E-state index < -0.39 is 12.0 Å². The van der Waals surface area contributed by atoms with Crippen LogP contribution in [0.3, 0.4) is 0 Å². The number of amides is 2. The van der Waals surface area contributed by atoms with E-state index in [2.05, 4.69) is 10.6 Å². The van der Waals surface area contributed by atoms with Crippen LogP contribution in [0.5, 0.6) is 5.75 Å². The predicted molar refractivity (Wildman–Crippen MR) is 107 cm³/mol. The third kappa shape index (κ3) is 5.23. The molecule has 0 saturated carbocycles. The molecule has 3 aromatic carbocycles. The van der Waals surface area contributed by atoms with Crippen LogP contribution in [0.2, 0.25) is 10.0 Å². The van der Waals surface area contributed by atoms with Gasteiger partial charge in [0.25, 0.3) is 5.91 Å². The Hall–Kier alpha value is -3.02. The summed E-state index contributed by atoms with van der Waals surface area (Å²) >= 11 is 11.8. The van der Waals surface area contributed by atoms with E-state index in [1.54, 1.807) is 48.5 Å². The van der Waals surface area contributed by atoms with E-state index in [9.17, 15) is 9.59 Å². The Labute approximate surface area is 165 Å². The summed E-state index contributed by atoms with van der Waals surface area (Å²) in [6.45, 7) is 0. The van der Waals surface area contributed by atoms with Gasteiger partial charge >= 0.3 is 6.09 Å². The Bertz CT molecular complexity index is 961. The van der Waals surface area contributed by atoms with Crippen molar-refractivity contribution in [2.24, 2.45) is 0 Å². The molecule has 3 aromatic rings. The maximum atomic E-state index is 12.6. The van der Waals surface area contributed by atoms with Gasteiger partial charge in [-0.25, -0.2) is 4.79 Å². The fraction of sp³-hybridized carbons (Fsp3) is 0. The SMILES string of the molecule is O=C(Nc1ccccc1)Oc1ccc(Cl)cc1C(=O)Nc1ccc(Cl)cc1. The number of benzene rings is 3. The largest absolute Gasteiger partial charge is 0.417 e. The van der Waals surface area contributed by atoms with Gasteiger partial charge in [-0.3, -0.25) is 10.1 Å². The number of carbonyl (C=O) groups excluding carboxylic acids is 2. The number of para-hydroxylation sites is 1. The normalized spacial score (nSPS) is 10.1. The van der Waals surface area contributed by atoms with Crippen molar-refractivity contribution in [1.82, 2.24) is 0 Å². The molecular weight excluding hydrogens is 387 g/mol. The fourth-order valence-corrected chi connectivity index (χ4v) is 2.56. The van der Waals surface area contributed by atoms with E-state index in [1.165, 1.54) is 18.2 Å². The third-order valence-electron chi connectivity index (χ3n) is 3.51. The zero-order chi connectivity index (χ0) is 19.2. The maximum Gasteiger partial charge on any atom is 0.417 e. The summed E-state index contributed by atoms with van der Waals surface area (Å²) in [4.78, 5) is 24.7. The summed E-state index contributed by atoms with van der Waals surface area (Å²) in [5.74, 6) is -0.387. The Morgan fingerprint density at radius 1 is 0.741 bits per heavy atom. The van der Waals surface area contributed by atoms with Crippen molar-refractivity contribution in [2.75, 3.05) is 10.6 Å². The first-order chi connectivity index (χ1) is 13.0. The number of hydrogen-bond donors (Lipinski definition) is 2. The monoisotopic (exact) mass is 400 g/mol. The molecule has 2 amide bonds. The molecule has 0 aliphatic carbocycles. The van der Waals surface area contributed by atoms with Crippen molar-refractivity contribution < 1.29 is 14.3 Å². The minimum atomic E-state index is -0.718. The molecule has 0 fully saturated rings. The van der Waals surface area contributed by atoms with Crippen LogP contribution in [0.25, 0.3) is 0 Å². The number of rotatable bonds is 4. The number of carbonyl (C=O) groups is 2. The second kappa shape index (κ2) is 8.58. The van der Waals surface area contributed by atoms with Crippen LogP contribution >= 0.6 is 23.2 Å². The predicted octanol–water partition coefficient (Wildman–Crippen LogP) is 5.86. The van der Waals surface area contributed by atoms with Gasteiger partial charge in [-0.05, 0) is 54.6 Å². The highest BCUT2D eigenvalue weighted by molar-refractivity contribution is 6.31. The average molecular weight is 401 g/mol. The molecule has 0 aliphatic heterocycles. The van der Waals surface area contributed by atoms with Gasteiger partial charge in [-0.15, -0.1) is 0 Å². The van der Waals surface area contributed by atoms with Crippen molar-refractivity contribution in [3.05, 3.63) is 88.4 Å². The molecule has 0 unspecified atom stereocenters. The summed E-state index contributed by atoms with van der Waals surface area (Å²) in [6, 6.07) is 19.9. The molecule has 0 bridgehead atoms. The molecule has 136 valence electrons. The van der Waals surface area contributed by atoms with Crippen LogP contribution in [-0.4, -0.2) is 12.0 Å². The standard InChI is InChI=1S/C20H14Cl2N2O3/c21-13-6-9-16(10-7-13)23-19(25)17-12-14(22)8-11-18(17)27-20(26)24-15-4-2-1-3-5-15/h1-12H,(H,23,25)(H,24,26). The Kier molecular flexibility index (Phi) is 5.96. The Balaban J connectivity index is 1.77. The van der Waals surface area contributed by atoms with Gasteiger partial charge in [0.05, 0.1) is 5.56 Å². The highest BCUT2D eigenvalue weighted by atomic mass is 35.5. The number of halogens is 2. The smallest absolute Gasteiger partial charge is 0.409 e. The summed E-state index contributed by atoms with van der Waals surface area (Å²) < 4.78 is 5.29. The van der Waals surface area contributed by atoms with E-state index >= 15 is 0 Å². The first-order valence-corrected chi connectivity index (χ1v) is 8.67. The molecule has 7 heteroatoms. The molecule has 0 spiro atoms. The highest BCUT2D eigenvalue weighted by Gasteiger charge is 2.17. The second-order valence-electron chi connectivity index (χ2n) is 5.48. The number of anilines is 2. The van der Waals surface area contributed by atoms with Crippen molar-refractivity contribution in [1.29, 1.82) is 0 Å². The molecule has 0 heterocycles. The van der Waals surface area contributed by atoms with E-state index in [0.717, 1.165) is 0 Å². The van der Waals surface area contributed by atoms with Gasteiger partial charge in [0.1, 0.15) is 5.75 Å². The van der Waals surface area contributed by atoms with Crippen LogP contribution in [0.1, 0.15) is 10.4 Å². The van der Waals surface area contributed by atoms with Gasteiger partial charge in [0, 0.05) is 21.4 Å². The maximum absolute atomic E-state index is 12.6. The Morgan fingerprint density at radius 2 is 1.37 bits per heavy atom. The summed E-state index contributed by atoms with van der Waals surface area (Å²) in [5.41, 5.74) is 1.24. The van der Waals surface area contributed by atoms with E-state index in [4.69, 9.17) is 27.9 Å². The molecular formula is C20H14Cl2N2O3. The van der Waals surface area contributed by atoms with Crippen molar-refractivity contribution >= 4 is 46.6 Å². The lowest BCUT2D eigenvalue weighted by atomic mass is 10.2. The number of nitrogens with one attached hydrogen (secondary N) is 2. The van der Waals surface area contributed by atoms with Gasteiger partial charge < -0.3 is 10.1 Å². The lowest BCUT2D eigenvalue weighted by Crippen LogP contribution is -2.20. The van der Waals surface area contributed by atoms with E-state index in [-0.39, 0.29) is 11.3 Å². The van der Waals surface area contributed by atoms with E-state index in [1.807, 2.05) is 6.07 Å². The topological polar surface area (TPSA) is 67.4 Å². The van der Waals surface area contributed by atoms with Gasteiger partial charge in [0.2, 0.25) is 0 Å². The summed E-state index contributed by atoms with van der Waals surface area (Å²) in [7, 11) is 0. The van der Waals surface area contributed by atoms with Gasteiger partial charge in [-0.1, -0.05) is 41.4 Å². The van der Waals surface area contributed by atoms with Crippen molar-refractivity contribution in [2.45, 2.75) is 0 Å². The molecule has 0 radical (unpaired) electrons. The van der Waals surface area contributed by atoms with Crippen LogP contribution in [0.4, 0.5) is 16.2 Å². The van der Waals surface area contributed by atoms with E-state index in [0.29, 0.717) is 21.4 Å². The molecule has 0 saturated heterocycles. The first kappa shape index (κ1) is 18.8. The molecule has 0 atom stereocenters. The quantitative estimate of drug-likeness (QED) is 0.576. The minimum Gasteiger partial charge on any atom is -0.409 e. The van der Waals surface area contributed by atoms with Crippen LogP contribution in [0.15, 0.2) is 72.8 Å². The van der Waals surface area contributed by atoms with Crippen molar-refractivity contribution in [3.63, 3.8) is 0 Å². The highest BCUT2D eigenvalue weighted by Crippen LogP contribution is 2.25. The summed E-state index contributed by atoms with van der Waals surface area (Å²) in [6.07, 6.45) is -0.718. The van der Waals surface area contributed by atoms with Crippen LogP contribution in [0, 0.1) is 0 Å². The van der Waals surface area contributed by atoms with Crippen LogP contribution < -0.4 is 15.4 Å². The molecule has 0 aliphatic rings. The molecule has 5 nitrogen and oxygen atoms in total. The Morgan fingerprint density at radius 3 is 2.07 bits per heavy atom. The van der Waals surface area contributed by atoms with Gasteiger partial charge in [-0.2, -0.15) is 0 Å². The molecule has 0 aromatic heterocycles. The summed E-state index contributed by atoms with van der Waals surface area (Å²) in [5, 5.41) is 6.19.